The standard InChI is InChI=1S/C17H15BrFN3O2S/c1-22-10-9-20-17(22)16(12-3-2-4-14(19)11-12)21-25(23,24)15-7-5-13(18)6-8-15/h2-11,16,21H,1H3. The van der Waals surface area contributed by atoms with E-state index in [0.717, 1.165) is 4.47 Å². The Morgan fingerprint density at radius 3 is 2.52 bits per heavy atom. The summed E-state index contributed by atoms with van der Waals surface area (Å²) in [6, 6.07) is 11.3. The predicted octanol–water partition coefficient (Wildman–Crippen LogP) is 3.39. The zero-order valence-corrected chi connectivity index (χ0v) is 15.6. The molecule has 0 aliphatic heterocycles. The molecular weight excluding hydrogens is 409 g/mol. The van der Waals surface area contributed by atoms with Gasteiger partial charge in [0, 0.05) is 23.9 Å². The van der Waals surface area contributed by atoms with Gasteiger partial charge in [0.2, 0.25) is 10.0 Å². The smallest absolute Gasteiger partial charge is 0.241 e. The number of sulfonamides is 1. The molecule has 5 nitrogen and oxygen atoms in total. The number of aromatic nitrogens is 2. The zero-order chi connectivity index (χ0) is 18.0. The Hall–Kier alpha value is -2.03. The number of hydrogen-bond acceptors (Lipinski definition) is 3. The first kappa shape index (κ1) is 17.8. The second-order valence-corrected chi connectivity index (χ2v) is 8.09. The Bertz CT molecular complexity index is 987. The van der Waals surface area contributed by atoms with E-state index in [9.17, 15) is 12.8 Å². The second-order valence-electron chi connectivity index (χ2n) is 5.46. The first-order valence-electron chi connectivity index (χ1n) is 7.37. The van der Waals surface area contributed by atoms with Gasteiger partial charge < -0.3 is 4.57 Å². The summed E-state index contributed by atoms with van der Waals surface area (Å²) in [6.07, 6.45) is 3.27. The largest absolute Gasteiger partial charge is 0.336 e. The van der Waals surface area contributed by atoms with Crippen LogP contribution < -0.4 is 4.72 Å². The molecular formula is C17H15BrFN3O2S. The van der Waals surface area contributed by atoms with Crippen LogP contribution in [0.15, 0.2) is 70.3 Å². The molecule has 0 saturated carbocycles. The van der Waals surface area contributed by atoms with E-state index < -0.39 is 21.9 Å². The van der Waals surface area contributed by atoms with Gasteiger partial charge in [0.1, 0.15) is 17.7 Å². The van der Waals surface area contributed by atoms with Crippen LogP contribution in [0.3, 0.4) is 0 Å². The monoisotopic (exact) mass is 423 g/mol. The average Bonchev–Trinajstić information content (AvgIpc) is 2.99. The van der Waals surface area contributed by atoms with Crippen LogP contribution >= 0.6 is 15.9 Å². The van der Waals surface area contributed by atoms with E-state index in [1.165, 1.54) is 30.3 Å². The maximum Gasteiger partial charge on any atom is 0.241 e. The van der Waals surface area contributed by atoms with Crippen LogP contribution in [0.4, 0.5) is 4.39 Å². The molecule has 0 spiro atoms. The maximum atomic E-state index is 13.7. The molecule has 1 unspecified atom stereocenters. The molecule has 0 fully saturated rings. The molecule has 0 aliphatic carbocycles. The Morgan fingerprint density at radius 1 is 1.20 bits per heavy atom. The average molecular weight is 424 g/mol. The van der Waals surface area contributed by atoms with Crippen LogP contribution in [-0.4, -0.2) is 18.0 Å². The van der Waals surface area contributed by atoms with Crippen molar-refractivity contribution in [3.05, 3.63) is 82.6 Å². The first-order valence-corrected chi connectivity index (χ1v) is 9.65. The third kappa shape index (κ3) is 3.97. The highest BCUT2D eigenvalue weighted by molar-refractivity contribution is 9.10. The molecule has 0 saturated heterocycles. The quantitative estimate of drug-likeness (QED) is 0.683. The van der Waals surface area contributed by atoms with Crippen molar-refractivity contribution in [3.63, 3.8) is 0 Å². The molecule has 0 amide bonds. The highest BCUT2D eigenvalue weighted by Gasteiger charge is 2.26. The third-order valence-electron chi connectivity index (χ3n) is 3.70. The lowest BCUT2D eigenvalue weighted by molar-refractivity contribution is 0.560. The number of aryl methyl sites for hydroxylation is 1. The van der Waals surface area contributed by atoms with Crippen molar-refractivity contribution in [2.45, 2.75) is 10.9 Å². The second kappa shape index (κ2) is 7.07. The number of benzene rings is 2. The summed E-state index contributed by atoms with van der Waals surface area (Å²) in [4.78, 5) is 4.34. The van der Waals surface area contributed by atoms with Crippen LogP contribution in [0, 0.1) is 5.82 Å². The SMILES string of the molecule is Cn1ccnc1C(NS(=O)(=O)c1ccc(Br)cc1)c1cccc(F)c1. The molecule has 130 valence electrons. The molecule has 0 radical (unpaired) electrons. The lowest BCUT2D eigenvalue weighted by atomic mass is 10.1. The van der Waals surface area contributed by atoms with Crippen molar-refractivity contribution in [1.82, 2.24) is 14.3 Å². The number of imidazole rings is 1. The van der Waals surface area contributed by atoms with E-state index in [4.69, 9.17) is 0 Å². The lowest BCUT2D eigenvalue weighted by Crippen LogP contribution is -2.31. The summed E-state index contributed by atoms with van der Waals surface area (Å²) < 4.78 is 44.3. The molecule has 2 aromatic carbocycles. The Balaban J connectivity index is 2.03. The van der Waals surface area contributed by atoms with Gasteiger partial charge in [-0.2, -0.15) is 4.72 Å². The normalized spacial score (nSPS) is 12.9. The van der Waals surface area contributed by atoms with Crippen LogP contribution in [0.1, 0.15) is 17.4 Å². The summed E-state index contributed by atoms with van der Waals surface area (Å²) in [5, 5.41) is 0. The molecule has 1 atom stereocenters. The molecule has 0 aliphatic rings. The van der Waals surface area contributed by atoms with Gasteiger partial charge in [0.25, 0.3) is 0 Å². The topological polar surface area (TPSA) is 64.0 Å². The minimum atomic E-state index is -3.83. The summed E-state index contributed by atoms with van der Waals surface area (Å²) in [5.74, 6) is 0.0193. The molecule has 3 rings (SSSR count). The number of nitrogens with zero attached hydrogens (tertiary/aromatic N) is 2. The molecule has 1 heterocycles. The van der Waals surface area contributed by atoms with Gasteiger partial charge in [-0.05, 0) is 42.0 Å². The molecule has 1 N–H and O–H groups in total. The van der Waals surface area contributed by atoms with Crippen molar-refractivity contribution >= 4 is 26.0 Å². The van der Waals surface area contributed by atoms with Gasteiger partial charge in [0.15, 0.2) is 0 Å². The molecule has 3 aromatic rings. The van der Waals surface area contributed by atoms with Crippen molar-refractivity contribution in [2.75, 3.05) is 0 Å². The third-order valence-corrected chi connectivity index (χ3v) is 5.66. The Morgan fingerprint density at radius 2 is 1.92 bits per heavy atom. The van der Waals surface area contributed by atoms with Gasteiger partial charge in [-0.3, -0.25) is 0 Å². The van der Waals surface area contributed by atoms with E-state index in [1.54, 1.807) is 42.2 Å². The summed E-state index contributed by atoms with van der Waals surface area (Å²) in [6.45, 7) is 0. The number of halogens is 2. The zero-order valence-electron chi connectivity index (χ0n) is 13.2. The van der Waals surface area contributed by atoms with Gasteiger partial charge in [0.05, 0.1) is 4.90 Å². The van der Waals surface area contributed by atoms with Crippen molar-refractivity contribution < 1.29 is 12.8 Å². The van der Waals surface area contributed by atoms with Crippen molar-refractivity contribution in [2.24, 2.45) is 7.05 Å². The minimum Gasteiger partial charge on any atom is -0.336 e. The van der Waals surface area contributed by atoms with Gasteiger partial charge in [-0.25, -0.2) is 17.8 Å². The highest BCUT2D eigenvalue weighted by Crippen LogP contribution is 2.24. The predicted molar refractivity (Wildman–Crippen MR) is 95.9 cm³/mol. The van der Waals surface area contributed by atoms with Gasteiger partial charge in [-0.1, -0.05) is 28.1 Å². The van der Waals surface area contributed by atoms with E-state index >= 15 is 0 Å². The molecule has 25 heavy (non-hydrogen) atoms. The maximum absolute atomic E-state index is 13.7. The first-order chi connectivity index (χ1) is 11.9. The number of nitrogens with one attached hydrogen (secondary N) is 1. The summed E-state index contributed by atoms with van der Waals surface area (Å²) >= 11 is 3.28. The fourth-order valence-electron chi connectivity index (χ4n) is 2.45. The van der Waals surface area contributed by atoms with E-state index in [0.29, 0.717) is 11.4 Å². The van der Waals surface area contributed by atoms with E-state index in [1.807, 2.05) is 0 Å². The Kier molecular flexibility index (Phi) is 5.03. The van der Waals surface area contributed by atoms with E-state index in [2.05, 4.69) is 25.6 Å². The summed E-state index contributed by atoms with van der Waals surface area (Å²) in [5.41, 5.74) is 0.468. The van der Waals surface area contributed by atoms with Crippen molar-refractivity contribution in [3.8, 4) is 0 Å². The van der Waals surface area contributed by atoms with Crippen LogP contribution in [0.2, 0.25) is 0 Å². The van der Waals surface area contributed by atoms with Gasteiger partial charge in [-0.15, -0.1) is 0 Å². The van der Waals surface area contributed by atoms with Crippen LogP contribution in [-0.2, 0) is 17.1 Å². The fraction of sp³-hybridized carbons (Fsp3) is 0.118. The number of hydrogen-bond donors (Lipinski definition) is 1. The fourth-order valence-corrected chi connectivity index (χ4v) is 3.89. The molecule has 1 aromatic heterocycles. The van der Waals surface area contributed by atoms with Crippen LogP contribution in [0.5, 0.6) is 0 Å². The van der Waals surface area contributed by atoms with Crippen LogP contribution in [0.25, 0.3) is 0 Å². The van der Waals surface area contributed by atoms with Crippen molar-refractivity contribution in [1.29, 1.82) is 0 Å². The Labute approximate surface area is 153 Å². The highest BCUT2D eigenvalue weighted by atomic mass is 79.9. The van der Waals surface area contributed by atoms with Gasteiger partial charge >= 0.3 is 0 Å². The number of rotatable bonds is 5. The summed E-state index contributed by atoms with van der Waals surface area (Å²) in [7, 11) is -2.07. The molecule has 0 bridgehead atoms. The minimum absolute atomic E-state index is 0.117. The lowest BCUT2D eigenvalue weighted by Gasteiger charge is -2.19. The molecule has 8 heteroatoms. The van der Waals surface area contributed by atoms with E-state index in [-0.39, 0.29) is 4.90 Å².